The zero-order chi connectivity index (χ0) is 13.8. The van der Waals surface area contributed by atoms with E-state index in [0.29, 0.717) is 16.2 Å². The largest absolute Gasteiger partial charge is 0.323 e. The summed E-state index contributed by atoms with van der Waals surface area (Å²) in [6.45, 7) is 0. The highest BCUT2D eigenvalue weighted by Crippen LogP contribution is 2.26. The van der Waals surface area contributed by atoms with Crippen molar-refractivity contribution in [1.82, 2.24) is 0 Å². The van der Waals surface area contributed by atoms with Crippen molar-refractivity contribution < 1.29 is 13.2 Å². The van der Waals surface area contributed by atoms with Gasteiger partial charge in [0.2, 0.25) is 0 Å². The van der Waals surface area contributed by atoms with Gasteiger partial charge in [-0.1, -0.05) is 12.1 Å². The Kier molecular flexibility index (Phi) is 4.50. The summed E-state index contributed by atoms with van der Waals surface area (Å²) >= 11 is 1.22. The lowest BCUT2D eigenvalue weighted by atomic mass is 10.1. The Balaban J connectivity index is 2.05. The van der Waals surface area contributed by atoms with Gasteiger partial charge in [0.15, 0.2) is 0 Å². The van der Waals surface area contributed by atoms with Crippen LogP contribution >= 0.6 is 11.8 Å². The number of hydrogen-bond acceptors (Lipinski definition) is 2. The van der Waals surface area contributed by atoms with Gasteiger partial charge in [-0.2, -0.15) is 0 Å². The van der Waals surface area contributed by atoms with Crippen LogP contribution in [-0.2, 0) is 0 Å². The molecule has 5 heteroatoms. The summed E-state index contributed by atoms with van der Waals surface area (Å²) in [7, 11) is 0. The smallest absolute Gasteiger partial charge is 0.136 e. The van der Waals surface area contributed by atoms with Gasteiger partial charge in [0, 0.05) is 22.8 Å². The number of hydrogen-bond donors (Lipinski definition) is 1. The van der Waals surface area contributed by atoms with E-state index in [2.05, 4.69) is 0 Å². The molecular formula is C14H12F3NS. The molecule has 0 aliphatic rings. The predicted molar refractivity (Wildman–Crippen MR) is 70.4 cm³/mol. The van der Waals surface area contributed by atoms with Crippen molar-refractivity contribution in [3.05, 3.63) is 65.5 Å². The Morgan fingerprint density at radius 3 is 2.26 bits per heavy atom. The Morgan fingerprint density at radius 2 is 1.63 bits per heavy atom. The van der Waals surface area contributed by atoms with Gasteiger partial charge in [0.1, 0.15) is 17.5 Å². The Labute approximate surface area is 113 Å². The summed E-state index contributed by atoms with van der Waals surface area (Å²) in [6.07, 6.45) is 0. The molecule has 1 unspecified atom stereocenters. The third kappa shape index (κ3) is 3.75. The van der Waals surface area contributed by atoms with E-state index in [1.165, 1.54) is 30.0 Å². The van der Waals surface area contributed by atoms with Gasteiger partial charge in [-0.3, -0.25) is 0 Å². The molecule has 0 bridgehead atoms. The minimum Gasteiger partial charge on any atom is -0.323 e. The summed E-state index contributed by atoms with van der Waals surface area (Å²) in [5.41, 5.74) is 6.22. The number of thioether (sulfide) groups is 1. The first-order valence-corrected chi connectivity index (χ1v) is 6.64. The minimum absolute atomic E-state index is 0.329. The van der Waals surface area contributed by atoms with Gasteiger partial charge < -0.3 is 5.73 Å². The van der Waals surface area contributed by atoms with E-state index >= 15 is 0 Å². The lowest BCUT2D eigenvalue weighted by Crippen LogP contribution is -2.13. The van der Waals surface area contributed by atoms with Gasteiger partial charge in [-0.25, -0.2) is 13.2 Å². The zero-order valence-electron chi connectivity index (χ0n) is 9.95. The Bertz CT molecular complexity index is 554. The molecule has 2 aromatic rings. The summed E-state index contributed by atoms with van der Waals surface area (Å²) in [6, 6.07) is 8.93. The van der Waals surface area contributed by atoms with Crippen LogP contribution in [0.3, 0.4) is 0 Å². The van der Waals surface area contributed by atoms with Gasteiger partial charge in [0.05, 0.1) is 0 Å². The van der Waals surface area contributed by atoms with Gasteiger partial charge in [-0.15, -0.1) is 11.8 Å². The normalized spacial score (nSPS) is 12.4. The first kappa shape index (κ1) is 14.0. The molecule has 2 aromatic carbocycles. The zero-order valence-corrected chi connectivity index (χ0v) is 10.8. The molecule has 2 N–H and O–H groups in total. The van der Waals surface area contributed by atoms with Gasteiger partial charge in [-0.05, 0) is 29.8 Å². The lowest BCUT2D eigenvalue weighted by molar-refractivity contribution is 0.576. The second-order valence-corrected chi connectivity index (χ2v) is 5.11. The number of halogens is 3. The number of rotatable bonds is 4. The lowest BCUT2D eigenvalue weighted by Gasteiger charge is -2.12. The van der Waals surface area contributed by atoms with Crippen molar-refractivity contribution in [3.63, 3.8) is 0 Å². The molecule has 0 aliphatic heterocycles. The van der Waals surface area contributed by atoms with E-state index in [0.717, 1.165) is 6.07 Å². The van der Waals surface area contributed by atoms with Crippen LogP contribution in [0.15, 0.2) is 47.4 Å². The maximum atomic E-state index is 13.4. The molecule has 2 rings (SSSR count). The molecule has 1 atom stereocenters. The molecule has 0 heterocycles. The molecule has 0 aromatic heterocycles. The second kappa shape index (κ2) is 6.12. The monoisotopic (exact) mass is 283 g/mol. The molecule has 0 fully saturated rings. The first-order chi connectivity index (χ1) is 9.06. The number of nitrogens with two attached hydrogens (primary N) is 1. The topological polar surface area (TPSA) is 26.0 Å². The fourth-order valence-electron chi connectivity index (χ4n) is 1.63. The fourth-order valence-corrected chi connectivity index (χ4v) is 2.56. The minimum atomic E-state index is -0.665. The van der Waals surface area contributed by atoms with Crippen LogP contribution in [0.4, 0.5) is 13.2 Å². The predicted octanol–water partition coefficient (Wildman–Crippen LogP) is 3.90. The van der Waals surface area contributed by atoms with E-state index in [1.54, 1.807) is 18.2 Å². The highest BCUT2D eigenvalue weighted by atomic mass is 32.2. The maximum absolute atomic E-state index is 13.4. The average molecular weight is 283 g/mol. The van der Waals surface area contributed by atoms with Crippen LogP contribution in [0, 0.1) is 17.5 Å². The van der Waals surface area contributed by atoms with Crippen LogP contribution in [0.2, 0.25) is 0 Å². The van der Waals surface area contributed by atoms with Crippen LogP contribution in [0.5, 0.6) is 0 Å². The third-order valence-corrected chi connectivity index (χ3v) is 3.74. The molecule has 0 saturated carbocycles. The quantitative estimate of drug-likeness (QED) is 0.861. The summed E-state index contributed by atoms with van der Waals surface area (Å²) < 4.78 is 39.5. The van der Waals surface area contributed by atoms with Gasteiger partial charge in [0.25, 0.3) is 0 Å². The molecule has 1 nitrogen and oxygen atoms in total. The van der Waals surface area contributed by atoms with Crippen molar-refractivity contribution in [1.29, 1.82) is 0 Å². The summed E-state index contributed by atoms with van der Waals surface area (Å²) in [5.74, 6) is -1.32. The van der Waals surface area contributed by atoms with Crippen molar-refractivity contribution >= 4 is 11.8 Å². The van der Waals surface area contributed by atoms with Crippen LogP contribution in [0.1, 0.15) is 11.6 Å². The number of benzene rings is 2. The van der Waals surface area contributed by atoms with E-state index in [-0.39, 0.29) is 5.82 Å². The highest BCUT2D eigenvalue weighted by Gasteiger charge is 2.11. The maximum Gasteiger partial charge on any atom is 0.136 e. The van der Waals surface area contributed by atoms with Gasteiger partial charge >= 0.3 is 0 Å². The summed E-state index contributed by atoms with van der Waals surface area (Å²) in [5, 5.41) is 0. The van der Waals surface area contributed by atoms with Crippen molar-refractivity contribution in [2.75, 3.05) is 5.75 Å². The van der Waals surface area contributed by atoms with Crippen molar-refractivity contribution in [2.45, 2.75) is 10.9 Å². The average Bonchev–Trinajstić information content (AvgIpc) is 2.36. The van der Waals surface area contributed by atoms with Crippen LogP contribution < -0.4 is 5.73 Å². The Morgan fingerprint density at radius 1 is 1.00 bits per heavy atom. The van der Waals surface area contributed by atoms with Crippen molar-refractivity contribution in [3.8, 4) is 0 Å². The molecule has 0 saturated heterocycles. The van der Waals surface area contributed by atoms with Crippen LogP contribution in [0.25, 0.3) is 0 Å². The van der Waals surface area contributed by atoms with Crippen molar-refractivity contribution in [2.24, 2.45) is 5.73 Å². The second-order valence-electron chi connectivity index (χ2n) is 4.05. The molecule has 0 radical (unpaired) electrons. The fraction of sp³-hybridized carbons (Fsp3) is 0.143. The molecule has 100 valence electrons. The Hall–Kier alpha value is -1.46. The standard InChI is InChI=1S/C14H12F3NS/c15-10-5-9(6-11(16)7-10)13(18)8-19-14-4-2-1-3-12(14)17/h1-7,13H,8,18H2. The van der Waals surface area contributed by atoms with E-state index in [4.69, 9.17) is 5.73 Å². The molecular weight excluding hydrogens is 271 g/mol. The third-order valence-electron chi connectivity index (χ3n) is 2.57. The summed E-state index contributed by atoms with van der Waals surface area (Å²) in [4.78, 5) is 0.467. The molecule has 19 heavy (non-hydrogen) atoms. The first-order valence-electron chi connectivity index (χ1n) is 5.65. The highest BCUT2D eigenvalue weighted by molar-refractivity contribution is 7.99. The van der Waals surface area contributed by atoms with E-state index in [9.17, 15) is 13.2 Å². The molecule has 0 aliphatic carbocycles. The molecule has 0 spiro atoms. The SMILES string of the molecule is NC(CSc1ccccc1F)c1cc(F)cc(F)c1. The molecule has 0 amide bonds. The van der Waals surface area contributed by atoms with E-state index < -0.39 is 17.7 Å². The van der Waals surface area contributed by atoms with Crippen LogP contribution in [-0.4, -0.2) is 5.75 Å². The van der Waals surface area contributed by atoms with E-state index in [1.807, 2.05) is 0 Å².